The minimum absolute atomic E-state index is 0.0243. The summed E-state index contributed by atoms with van der Waals surface area (Å²) in [5.41, 5.74) is 0.394. The molecule has 0 bridgehead atoms. The Morgan fingerprint density at radius 2 is 1.77 bits per heavy atom. The molecule has 0 spiro atoms. The second kappa shape index (κ2) is 6.93. The fourth-order valence-corrected chi connectivity index (χ4v) is 1.76. The normalized spacial score (nSPS) is 10.6. The van der Waals surface area contributed by atoms with Gasteiger partial charge in [-0.3, -0.25) is 4.79 Å². The molecule has 2 rings (SSSR count). The highest BCUT2D eigenvalue weighted by atomic mass is 19.3. The molecule has 0 atom stereocenters. The minimum Gasteiger partial charge on any atom is -0.435 e. The third kappa shape index (κ3) is 4.47. The van der Waals surface area contributed by atoms with Gasteiger partial charge in [0.1, 0.15) is 17.4 Å². The van der Waals surface area contributed by atoms with E-state index in [4.69, 9.17) is 0 Å². The molecular weight excluding hydrogens is 302 g/mol. The van der Waals surface area contributed by atoms with Crippen LogP contribution in [0.2, 0.25) is 0 Å². The van der Waals surface area contributed by atoms with E-state index in [1.54, 1.807) is 0 Å². The van der Waals surface area contributed by atoms with Gasteiger partial charge in [-0.2, -0.15) is 8.78 Å². The molecule has 0 saturated heterocycles. The highest BCUT2D eigenvalue weighted by Gasteiger charge is 2.09. The first-order valence-electron chi connectivity index (χ1n) is 6.22. The highest BCUT2D eigenvalue weighted by Crippen LogP contribution is 2.17. The molecule has 0 heterocycles. The summed E-state index contributed by atoms with van der Waals surface area (Å²) in [5.74, 6) is -2.17. The van der Waals surface area contributed by atoms with Crippen LogP contribution in [0.1, 0.15) is 5.56 Å². The van der Waals surface area contributed by atoms with Crippen LogP contribution in [0, 0.1) is 11.6 Å². The number of alkyl halides is 2. The summed E-state index contributed by atoms with van der Waals surface area (Å²) in [6.45, 7) is -2.92. The van der Waals surface area contributed by atoms with Crippen LogP contribution in [0.15, 0.2) is 42.5 Å². The van der Waals surface area contributed by atoms with Crippen LogP contribution in [0.3, 0.4) is 0 Å². The molecule has 0 saturated carbocycles. The molecule has 0 aliphatic heterocycles. The van der Waals surface area contributed by atoms with E-state index >= 15 is 0 Å². The number of benzene rings is 2. The van der Waals surface area contributed by atoms with Crippen LogP contribution >= 0.6 is 0 Å². The zero-order chi connectivity index (χ0) is 16.1. The van der Waals surface area contributed by atoms with Gasteiger partial charge in [-0.25, -0.2) is 8.78 Å². The van der Waals surface area contributed by atoms with E-state index in [1.165, 1.54) is 24.3 Å². The predicted molar refractivity (Wildman–Crippen MR) is 71.8 cm³/mol. The van der Waals surface area contributed by atoms with Gasteiger partial charge in [0.2, 0.25) is 5.91 Å². The number of rotatable bonds is 5. The van der Waals surface area contributed by atoms with Gasteiger partial charge < -0.3 is 10.1 Å². The van der Waals surface area contributed by atoms with Crippen molar-refractivity contribution in [1.82, 2.24) is 0 Å². The van der Waals surface area contributed by atoms with Crippen molar-refractivity contribution in [3.05, 3.63) is 59.7 Å². The Morgan fingerprint density at radius 1 is 1.09 bits per heavy atom. The number of ether oxygens (including phenoxy) is 1. The third-order valence-electron chi connectivity index (χ3n) is 2.72. The second-order valence-corrected chi connectivity index (χ2v) is 4.37. The fourth-order valence-electron chi connectivity index (χ4n) is 1.76. The quantitative estimate of drug-likeness (QED) is 0.854. The Hall–Kier alpha value is -2.57. The van der Waals surface area contributed by atoms with E-state index in [2.05, 4.69) is 10.1 Å². The molecule has 3 nitrogen and oxygen atoms in total. The Balaban J connectivity index is 1.97. The lowest BCUT2D eigenvalue weighted by Crippen LogP contribution is -2.15. The van der Waals surface area contributed by atoms with E-state index in [9.17, 15) is 22.4 Å². The Labute approximate surface area is 123 Å². The molecule has 7 heteroatoms. The summed E-state index contributed by atoms with van der Waals surface area (Å²) in [6, 6.07) is 8.28. The number of halogens is 4. The van der Waals surface area contributed by atoms with Crippen LogP contribution < -0.4 is 10.1 Å². The van der Waals surface area contributed by atoms with Crippen LogP contribution in [0.4, 0.5) is 23.2 Å². The summed E-state index contributed by atoms with van der Waals surface area (Å²) in [6.07, 6.45) is -0.0915. The maximum absolute atomic E-state index is 13.4. The monoisotopic (exact) mass is 313 g/mol. The lowest BCUT2D eigenvalue weighted by Gasteiger charge is -2.08. The number of nitrogens with one attached hydrogen (secondary N) is 1. The standard InChI is InChI=1S/C15H11F4NO2/c16-10-3-6-13(12(17)8-10)20-14(21)7-9-1-4-11(5-2-9)22-15(18)19/h1-6,8,15H,7H2,(H,20,21). The van der Waals surface area contributed by atoms with Crippen molar-refractivity contribution >= 4 is 11.6 Å². The van der Waals surface area contributed by atoms with Crippen molar-refractivity contribution in [3.8, 4) is 5.75 Å². The van der Waals surface area contributed by atoms with E-state index in [0.717, 1.165) is 12.1 Å². The average molecular weight is 313 g/mol. The van der Waals surface area contributed by atoms with Gasteiger partial charge in [0.25, 0.3) is 0 Å². The van der Waals surface area contributed by atoms with Crippen molar-refractivity contribution in [1.29, 1.82) is 0 Å². The summed E-state index contributed by atoms with van der Waals surface area (Å²) < 4.78 is 54.3. The first-order chi connectivity index (χ1) is 10.4. The SMILES string of the molecule is O=C(Cc1ccc(OC(F)F)cc1)Nc1ccc(F)cc1F. The third-order valence-corrected chi connectivity index (χ3v) is 2.72. The molecule has 0 aliphatic carbocycles. The fraction of sp³-hybridized carbons (Fsp3) is 0.133. The van der Waals surface area contributed by atoms with Crippen LogP contribution in [-0.2, 0) is 11.2 Å². The topological polar surface area (TPSA) is 38.3 Å². The van der Waals surface area contributed by atoms with E-state index in [-0.39, 0.29) is 17.9 Å². The zero-order valence-electron chi connectivity index (χ0n) is 11.2. The van der Waals surface area contributed by atoms with Crippen LogP contribution in [-0.4, -0.2) is 12.5 Å². The van der Waals surface area contributed by atoms with Crippen LogP contribution in [0.5, 0.6) is 5.75 Å². The molecule has 2 aromatic rings. The molecule has 22 heavy (non-hydrogen) atoms. The molecule has 116 valence electrons. The predicted octanol–water partition coefficient (Wildman–Crippen LogP) is 3.75. The molecule has 1 N–H and O–H groups in total. The largest absolute Gasteiger partial charge is 0.435 e. The molecule has 0 aliphatic rings. The van der Waals surface area contributed by atoms with E-state index < -0.39 is 24.2 Å². The van der Waals surface area contributed by atoms with Gasteiger partial charge in [0, 0.05) is 6.07 Å². The van der Waals surface area contributed by atoms with E-state index in [1.807, 2.05) is 0 Å². The van der Waals surface area contributed by atoms with Gasteiger partial charge in [-0.1, -0.05) is 12.1 Å². The first-order valence-corrected chi connectivity index (χ1v) is 6.22. The maximum atomic E-state index is 13.4. The van der Waals surface area contributed by atoms with Gasteiger partial charge in [-0.05, 0) is 29.8 Å². The van der Waals surface area contributed by atoms with Crippen molar-refractivity contribution in [2.24, 2.45) is 0 Å². The Kier molecular flexibility index (Phi) is 4.98. The molecule has 0 fully saturated rings. The Morgan fingerprint density at radius 3 is 2.36 bits per heavy atom. The molecular formula is C15H11F4NO2. The highest BCUT2D eigenvalue weighted by molar-refractivity contribution is 5.92. The first kappa shape index (κ1) is 15.8. The van der Waals surface area contributed by atoms with Crippen molar-refractivity contribution in [2.45, 2.75) is 13.0 Å². The number of amides is 1. The number of hydrogen-bond acceptors (Lipinski definition) is 2. The van der Waals surface area contributed by atoms with Gasteiger partial charge >= 0.3 is 6.61 Å². The molecule has 0 aromatic heterocycles. The van der Waals surface area contributed by atoms with Crippen LogP contribution in [0.25, 0.3) is 0 Å². The summed E-state index contributed by atoms with van der Waals surface area (Å²) in [7, 11) is 0. The lowest BCUT2D eigenvalue weighted by atomic mass is 10.1. The second-order valence-electron chi connectivity index (χ2n) is 4.37. The molecule has 0 radical (unpaired) electrons. The van der Waals surface area contributed by atoms with Gasteiger partial charge in [-0.15, -0.1) is 0 Å². The lowest BCUT2D eigenvalue weighted by molar-refractivity contribution is -0.115. The summed E-state index contributed by atoms with van der Waals surface area (Å²) in [4.78, 5) is 11.8. The maximum Gasteiger partial charge on any atom is 0.387 e. The smallest absolute Gasteiger partial charge is 0.387 e. The minimum atomic E-state index is -2.92. The number of anilines is 1. The summed E-state index contributed by atoms with van der Waals surface area (Å²) in [5, 5.41) is 2.30. The van der Waals surface area contributed by atoms with Gasteiger partial charge in [0.05, 0.1) is 12.1 Å². The zero-order valence-corrected chi connectivity index (χ0v) is 11.2. The summed E-state index contributed by atoms with van der Waals surface area (Å²) >= 11 is 0. The van der Waals surface area contributed by atoms with Crippen molar-refractivity contribution < 1.29 is 27.1 Å². The number of carbonyl (C=O) groups excluding carboxylic acids is 1. The van der Waals surface area contributed by atoms with Crippen molar-refractivity contribution in [2.75, 3.05) is 5.32 Å². The molecule has 1 amide bonds. The number of carbonyl (C=O) groups is 1. The average Bonchev–Trinajstić information content (AvgIpc) is 2.43. The van der Waals surface area contributed by atoms with E-state index in [0.29, 0.717) is 11.6 Å². The molecule has 0 unspecified atom stereocenters. The molecule has 2 aromatic carbocycles. The van der Waals surface area contributed by atoms with Gasteiger partial charge in [0.15, 0.2) is 0 Å². The Bertz CT molecular complexity index is 659. The number of hydrogen-bond donors (Lipinski definition) is 1. The van der Waals surface area contributed by atoms with Crippen molar-refractivity contribution in [3.63, 3.8) is 0 Å².